The van der Waals surface area contributed by atoms with Gasteiger partial charge in [0.25, 0.3) is 5.91 Å². The number of ether oxygens (including phenoxy) is 1. The third-order valence-corrected chi connectivity index (χ3v) is 4.45. The summed E-state index contributed by atoms with van der Waals surface area (Å²) in [7, 11) is 0. The molecule has 1 aliphatic heterocycles. The van der Waals surface area contributed by atoms with Gasteiger partial charge in [-0.25, -0.2) is 0 Å². The summed E-state index contributed by atoms with van der Waals surface area (Å²) in [6.07, 6.45) is 0. The Hall–Kier alpha value is -2.53. The van der Waals surface area contributed by atoms with Gasteiger partial charge in [0.05, 0.1) is 32.8 Å². The van der Waals surface area contributed by atoms with Gasteiger partial charge in [-0.15, -0.1) is 0 Å². The third kappa shape index (κ3) is 4.97. The lowest BCUT2D eigenvalue weighted by Crippen LogP contribution is -3.15. The van der Waals surface area contributed by atoms with Gasteiger partial charge in [-0.2, -0.15) is 0 Å². The zero-order chi connectivity index (χ0) is 17.5. The molecule has 0 unspecified atom stereocenters. The van der Waals surface area contributed by atoms with E-state index in [0.29, 0.717) is 13.2 Å². The number of amides is 1. The molecule has 0 aliphatic carbocycles. The molecule has 1 amide bonds. The number of anilines is 2. The minimum atomic E-state index is 0.0623. The average Bonchev–Trinajstić information content (AvgIpc) is 2.65. The number of rotatable bonds is 6. The number of hydrogen-bond acceptors (Lipinski definition) is 3. The normalized spacial score (nSPS) is 15.0. The standard InChI is InChI=1S/C20H25N3O2/c1-2-25-19-10-8-17(9-11-19)21-20(24)16-22-12-14-23(15-13-22)18-6-4-3-5-7-18/h3-11H,2,12-16H2,1H3,(H,21,24)/p+1. The maximum absolute atomic E-state index is 12.3. The highest BCUT2D eigenvalue weighted by Crippen LogP contribution is 2.15. The van der Waals surface area contributed by atoms with Crippen LogP contribution in [0.3, 0.4) is 0 Å². The summed E-state index contributed by atoms with van der Waals surface area (Å²) in [5.41, 5.74) is 2.08. The minimum absolute atomic E-state index is 0.0623. The van der Waals surface area contributed by atoms with Crippen molar-refractivity contribution in [1.29, 1.82) is 0 Å². The van der Waals surface area contributed by atoms with Crippen molar-refractivity contribution >= 4 is 17.3 Å². The summed E-state index contributed by atoms with van der Waals surface area (Å²) in [5.74, 6) is 0.885. The van der Waals surface area contributed by atoms with Gasteiger partial charge in [0.2, 0.25) is 0 Å². The second-order valence-electron chi connectivity index (χ2n) is 6.25. The maximum Gasteiger partial charge on any atom is 0.279 e. The lowest BCUT2D eigenvalue weighted by molar-refractivity contribution is -0.892. The number of nitrogens with zero attached hydrogens (tertiary/aromatic N) is 1. The number of carbonyl (C=O) groups excluding carboxylic acids is 1. The Morgan fingerprint density at radius 2 is 1.76 bits per heavy atom. The molecule has 0 saturated carbocycles. The van der Waals surface area contributed by atoms with E-state index in [2.05, 4.69) is 34.5 Å². The highest BCUT2D eigenvalue weighted by atomic mass is 16.5. The Balaban J connectivity index is 1.44. The Kier molecular flexibility index (Phi) is 5.90. The number of carbonyl (C=O) groups is 1. The molecule has 3 rings (SSSR count). The fraction of sp³-hybridized carbons (Fsp3) is 0.350. The van der Waals surface area contributed by atoms with Crippen molar-refractivity contribution in [2.45, 2.75) is 6.92 Å². The van der Waals surface area contributed by atoms with Crippen LogP contribution in [0.15, 0.2) is 54.6 Å². The minimum Gasteiger partial charge on any atom is -0.494 e. The Bertz CT molecular complexity index is 665. The van der Waals surface area contributed by atoms with Gasteiger partial charge in [-0.1, -0.05) is 18.2 Å². The molecule has 0 spiro atoms. The predicted molar refractivity (Wildman–Crippen MR) is 100 cm³/mol. The molecule has 1 saturated heterocycles. The van der Waals surface area contributed by atoms with Gasteiger partial charge >= 0.3 is 0 Å². The summed E-state index contributed by atoms with van der Waals surface area (Å²) in [6, 6.07) is 18.0. The molecule has 2 aromatic rings. The van der Waals surface area contributed by atoms with Gasteiger partial charge in [0.1, 0.15) is 5.75 Å². The molecule has 0 atom stereocenters. The summed E-state index contributed by atoms with van der Waals surface area (Å²) < 4.78 is 5.41. The largest absolute Gasteiger partial charge is 0.494 e. The summed E-state index contributed by atoms with van der Waals surface area (Å²) in [6.45, 7) is 7.03. The molecule has 0 aromatic heterocycles. The molecule has 2 N–H and O–H groups in total. The van der Waals surface area contributed by atoms with E-state index in [-0.39, 0.29) is 5.91 Å². The monoisotopic (exact) mass is 340 g/mol. The van der Waals surface area contributed by atoms with Crippen LogP contribution >= 0.6 is 0 Å². The fourth-order valence-electron chi connectivity index (χ4n) is 3.13. The first-order valence-electron chi connectivity index (χ1n) is 8.91. The molecule has 1 heterocycles. The third-order valence-electron chi connectivity index (χ3n) is 4.45. The molecule has 0 radical (unpaired) electrons. The predicted octanol–water partition coefficient (Wildman–Crippen LogP) is 1.43. The van der Waals surface area contributed by atoms with Crippen LogP contribution in [0.4, 0.5) is 11.4 Å². The first kappa shape index (κ1) is 17.3. The second kappa shape index (κ2) is 8.53. The average molecular weight is 340 g/mol. The lowest BCUT2D eigenvalue weighted by Gasteiger charge is -2.33. The SMILES string of the molecule is CCOc1ccc(NC(=O)C[NH+]2CCN(c3ccccc3)CC2)cc1. The zero-order valence-electron chi connectivity index (χ0n) is 14.7. The molecule has 1 fully saturated rings. The van der Waals surface area contributed by atoms with E-state index in [1.807, 2.05) is 37.3 Å². The first-order chi connectivity index (χ1) is 12.2. The number of hydrogen-bond donors (Lipinski definition) is 2. The van der Waals surface area contributed by atoms with Gasteiger partial charge in [-0.05, 0) is 43.3 Å². The van der Waals surface area contributed by atoms with Gasteiger partial charge < -0.3 is 19.9 Å². The molecule has 5 heteroatoms. The van der Waals surface area contributed by atoms with Crippen LogP contribution < -0.4 is 19.9 Å². The number of para-hydroxylation sites is 1. The van der Waals surface area contributed by atoms with E-state index in [4.69, 9.17) is 4.74 Å². The summed E-state index contributed by atoms with van der Waals surface area (Å²) >= 11 is 0. The van der Waals surface area contributed by atoms with Crippen LogP contribution in [-0.2, 0) is 4.79 Å². The van der Waals surface area contributed by atoms with E-state index in [1.54, 1.807) is 0 Å². The van der Waals surface area contributed by atoms with Crippen LogP contribution in [0.1, 0.15) is 6.92 Å². The quantitative estimate of drug-likeness (QED) is 0.836. The van der Waals surface area contributed by atoms with E-state index in [9.17, 15) is 4.79 Å². The molecule has 132 valence electrons. The van der Waals surface area contributed by atoms with Crippen LogP contribution in [0.25, 0.3) is 0 Å². The first-order valence-corrected chi connectivity index (χ1v) is 8.91. The molecule has 0 bridgehead atoms. The van der Waals surface area contributed by atoms with E-state index < -0.39 is 0 Å². The van der Waals surface area contributed by atoms with E-state index >= 15 is 0 Å². The number of nitrogens with one attached hydrogen (secondary N) is 2. The van der Waals surface area contributed by atoms with Crippen molar-refractivity contribution in [3.63, 3.8) is 0 Å². The molecular weight excluding hydrogens is 314 g/mol. The Labute approximate surface area is 149 Å². The van der Waals surface area contributed by atoms with Crippen LogP contribution in [0.5, 0.6) is 5.75 Å². The molecule has 5 nitrogen and oxygen atoms in total. The number of benzene rings is 2. The van der Waals surface area contributed by atoms with Crippen molar-refractivity contribution < 1.29 is 14.4 Å². The topological polar surface area (TPSA) is 46.0 Å². The van der Waals surface area contributed by atoms with E-state index in [0.717, 1.165) is 37.6 Å². The van der Waals surface area contributed by atoms with E-state index in [1.165, 1.54) is 10.6 Å². The highest BCUT2D eigenvalue weighted by molar-refractivity contribution is 5.91. The molecule has 2 aromatic carbocycles. The van der Waals surface area contributed by atoms with Crippen molar-refractivity contribution in [1.82, 2.24) is 0 Å². The summed E-state index contributed by atoms with van der Waals surface area (Å²) in [5, 5.41) is 2.97. The zero-order valence-corrected chi connectivity index (χ0v) is 14.7. The molecular formula is C20H26N3O2+. The maximum atomic E-state index is 12.3. The number of piperazine rings is 1. The molecule has 1 aliphatic rings. The van der Waals surface area contributed by atoms with Crippen LogP contribution in [-0.4, -0.2) is 45.2 Å². The lowest BCUT2D eigenvalue weighted by atomic mass is 10.2. The Morgan fingerprint density at radius 1 is 1.08 bits per heavy atom. The smallest absolute Gasteiger partial charge is 0.279 e. The van der Waals surface area contributed by atoms with Gasteiger partial charge in [-0.3, -0.25) is 4.79 Å². The van der Waals surface area contributed by atoms with Gasteiger partial charge in [0, 0.05) is 11.4 Å². The Morgan fingerprint density at radius 3 is 2.40 bits per heavy atom. The number of quaternary nitrogens is 1. The summed E-state index contributed by atoms with van der Waals surface area (Å²) in [4.78, 5) is 16.0. The van der Waals surface area contributed by atoms with Crippen molar-refractivity contribution in [2.24, 2.45) is 0 Å². The fourth-order valence-corrected chi connectivity index (χ4v) is 3.13. The van der Waals surface area contributed by atoms with Crippen molar-refractivity contribution in [2.75, 3.05) is 49.5 Å². The van der Waals surface area contributed by atoms with Crippen molar-refractivity contribution in [3.8, 4) is 5.75 Å². The van der Waals surface area contributed by atoms with Crippen LogP contribution in [0.2, 0.25) is 0 Å². The van der Waals surface area contributed by atoms with Crippen molar-refractivity contribution in [3.05, 3.63) is 54.6 Å². The second-order valence-corrected chi connectivity index (χ2v) is 6.25. The molecule has 25 heavy (non-hydrogen) atoms. The highest BCUT2D eigenvalue weighted by Gasteiger charge is 2.22. The van der Waals surface area contributed by atoms with Crippen LogP contribution in [0, 0.1) is 0 Å². The van der Waals surface area contributed by atoms with Gasteiger partial charge in [0.15, 0.2) is 6.54 Å².